The second-order valence-corrected chi connectivity index (χ2v) is 5.07. The van der Waals surface area contributed by atoms with E-state index in [0.717, 1.165) is 11.3 Å². The van der Waals surface area contributed by atoms with Crippen molar-refractivity contribution in [1.29, 1.82) is 0 Å². The minimum atomic E-state index is -0.258. The molecule has 18 heavy (non-hydrogen) atoms. The van der Waals surface area contributed by atoms with Crippen LogP contribution in [0.5, 0.6) is 0 Å². The van der Waals surface area contributed by atoms with Crippen molar-refractivity contribution in [3.8, 4) is 11.1 Å². The summed E-state index contributed by atoms with van der Waals surface area (Å²) in [5, 5.41) is 0. The highest BCUT2D eigenvalue weighted by Gasteiger charge is 2.26. The zero-order valence-corrected chi connectivity index (χ0v) is 10.3. The van der Waals surface area contributed by atoms with E-state index in [0.29, 0.717) is 5.56 Å². The van der Waals surface area contributed by atoms with E-state index in [1.807, 2.05) is 24.4 Å². The molecule has 0 saturated carbocycles. The van der Waals surface area contributed by atoms with Crippen LogP contribution in [-0.4, -0.2) is 11.2 Å². The largest absolute Gasteiger partial charge is 0.264 e. The van der Waals surface area contributed by atoms with Crippen LogP contribution in [0, 0.1) is 5.82 Å². The predicted octanol–water partition coefficient (Wildman–Crippen LogP) is 3.88. The molecule has 0 aliphatic carbocycles. The SMILES string of the molecule is CC1(C)C=Nc2cc(-c3cnccc3F)ccc21. The highest BCUT2D eigenvalue weighted by molar-refractivity contribution is 5.86. The van der Waals surface area contributed by atoms with Crippen LogP contribution in [0.1, 0.15) is 19.4 Å². The minimum absolute atomic E-state index is 0.0403. The Morgan fingerprint density at radius 1 is 1.17 bits per heavy atom. The van der Waals surface area contributed by atoms with Gasteiger partial charge in [-0.15, -0.1) is 0 Å². The molecule has 0 unspecified atom stereocenters. The highest BCUT2D eigenvalue weighted by Crippen LogP contribution is 2.39. The van der Waals surface area contributed by atoms with Gasteiger partial charge >= 0.3 is 0 Å². The molecule has 0 radical (unpaired) electrons. The molecule has 0 bridgehead atoms. The third-order valence-corrected chi connectivity index (χ3v) is 3.30. The number of benzene rings is 1. The third-order valence-electron chi connectivity index (χ3n) is 3.30. The molecule has 1 aliphatic heterocycles. The molecule has 1 aromatic heterocycles. The van der Waals surface area contributed by atoms with Crippen LogP contribution >= 0.6 is 0 Å². The molecule has 90 valence electrons. The number of aliphatic imine (C=N–C) groups is 1. The lowest BCUT2D eigenvalue weighted by Crippen LogP contribution is -2.14. The van der Waals surface area contributed by atoms with Gasteiger partial charge in [0.05, 0.1) is 5.69 Å². The summed E-state index contributed by atoms with van der Waals surface area (Å²) in [5.41, 5.74) is 3.38. The summed E-state index contributed by atoms with van der Waals surface area (Å²) in [4.78, 5) is 8.37. The fourth-order valence-corrected chi connectivity index (χ4v) is 2.24. The first-order valence-corrected chi connectivity index (χ1v) is 5.87. The highest BCUT2D eigenvalue weighted by atomic mass is 19.1. The fraction of sp³-hybridized carbons (Fsp3) is 0.200. The van der Waals surface area contributed by atoms with Gasteiger partial charge in [-0.05, 0) is 23.3 Å². The quantitative estimate of drug-likeness (QED) is 0.742. The zero-order valence-electron chi connectivity index (χ0n) is 10.3. The number of hydrogen-bond acceptors (Lipinski definition) is 2. The predicted molar refractivity (Wildman–Crippen MR) is 70.8 cm³/mol. The van der Waals surface area contributed by atoms with Crippen LogP contribution in [0.2, 0.25) is 0 Å². The van der Waals surface area contributed by atoms with Crippen molar-refractivity contribution in [3.05, 3.63) is 48.0 Å². The molecule has 2 aromatic rings. The van der Waals surface area contributed by atoms with Gasteiger partial charge in [-0.25, -0.2) is 4.39 Å². The number of rotatable bonds is 1. The van der Waals surface area contributed by atoms with Gasteiger partial charge in [-0.3, -0.25) is 9.98 Å². The lowest BCUT2D eigenvalue weighted by Gasteiger charge is -2.15. The summed E-state index contributed by atoms with van der Waals surface area (Å²) in [6.07, 6.45) is 4.93. The Morgan fingerprint density at radius 3 is 2.78 bits per heavy atom. The van der Waals surface area contributed by atoms with Crippen molar-refractivity contribution >= 4 is 11.9 Å². The first-order valence-electron chi connectivity index (χ1n) is 5.87. The first-order chi connectivity index (χ1) is 8.58. The normalized spacial score (nSPS) is 15.7. The number of pyridine rings is 1. The molecule has 2 nitrogen and oxygen atoms in total. The average Bonchev–Trinajstić information content (AvgIpc) is 2.66. The minimum Gasteiger partial charge on any atom is -0.264 e. The summed E-state index contributed by atoms with van der Waals surface area (Å²) in [6.45, 7) is 4.24. The number of nitrogens with zero attached hydrogens (tertiary/aromatic N) is 2. The number of halogens is 1. The smallest absolute Gasteiger partial charge is 0.134 e. The number of aromatic nitrogens is 1. The Balaban J connectivity index is 2.13. The van der Waals surface area contributed by atoms with E-state index in [1.54, 1.807) is 6.20 Å². The topological polar surface area (TPSA) is 25.2 Å². The van der Waals surface area contributed by atoms with Gasteiger partial charge in [0.2, 0.25) is 0 Å². The third kappa shape index (κ3) is 1.63. The molecule has 1 aromatic carbocycles. The van der Waals surface area contributed by atoms with Crippen LogP contribution in [0.25, 0.3) is 11.1 Å². The van der Waals surface area contributed by atoms with Gasteiger partial charge in [0.15, 0.2) is 0 Å². The van der Waals surface area contributed by atoms with Crippen molar-refractivity contribution < 1.29 is 4.39 Å². The molecule has 0 N–H and O–H groups in total. The molecule has 0 atom stereocenters. The Bertz CT molecular complexity index is 645. The van der Waals surface area contributed by atoms with E-state index in [2.05, 4.69) is 23.8 Å². The van der Waals surface area contributed by atoms with Crippen LogP contribution in [0.3, 0.4) is 0 Å². The lowest BCUT2D eigenvalue weighted by atomic mass is 9.86. The maximum atomic E-state index is 13.7. The molecular weight excluding hydrogens is 227 g/mol. The van der Waals surface area contributed by atoms with Crippen LogP contribution in [0.15, 0.2) is 41.7 Å². The van der Waals surface area contributed by atoms with Crippen LogP contribution in [-0.2, 0) is 5.41 Å². The Morgan fingerprint density at radius 2 is 2.00 bits per heavy atom. The maximum absolute atomic E-state index is 13.7. The van der Waals surface area contributed by atoms with Gasteiger partial charge in [0.25, 0.3) is 0 Å². The Labute approximate surface area is 105 Å². The van der Waals surface area contributed by atoms with E-state index in [9.17, 15) is 4.39 Å². The molecule has 1 aliphatic rings. The summed E-state index contributed by atoms with van der Waals surface area (Å²) < 4.78 is 13.7. The van der Waals surface area contributed by atoms with Crippen molar-refractivity contribution in [2.24, 2.45) is 4.99 Å². The summed E-state index contributed by atoms with van der Waals surface area (Å²) in [5.74, 6) is -0.258. The molecule has 2 heterocycles. The van der Waals surface area contributed by atoms with Gasteiger partial charge in [-0.1, -0.05) is 26.0 Å². The van der Waals surface area contributed by atoms with E-state index in [4.69, 9.17) is 0 Å². The molecule has 3 heteroatoms. The summed E-state index contributed by atoms with van der Waals surface area (Å²) in [7, 11) is 0. The maximum Gasteiger partial charge on any atom is 0.134 e. The van der Waals surface area contributed by atoms with Gasteiger partial charge in [-0.2, -0.15) is 0 Å². The van der Waals surface area contributed by atoms with Crippen molar-refractivity contribution in [3.63, 3.8) is 0 Å². The average molecular weight is 240 g/mol. The molecule has 0 spiro atoms. The molecule has 0 fully saturated rings. The van der Waals surface area contributed by atoms with E-state index < -0.39 is 0 Å². The van der Waals surface area contributed by atoms with Crippen molar-refractivity contribution in [2.45, 2.75) is 19.3 Å². The number of fused-ring (bicyclic) bond motifs is 1. The monoisotopic (exact) mass is 240 g/mol. The van der Waals surface area contributed by atoms with Crippen LogP contribution < -0.4 is 0 Å². The molecule has 0 amide bonds. The number of hydrogen-bond donors (Lipinski definition) is 0. The van der Waals surface area contributed by atoms with Gasteiger partial charge in [0.1, 0.15) is 5.82 Å². The second kappa shape index (κ2) is 3.73. The van der Waals surface area contributed by atoms with Crippen LogP contribution in [0.4, 0.5) is 10.1 Å². The fourth-order valence-electron chi connectivity index (χ4n) is 2.24. The van der Waals surface area contributed by atoms with Crippen molar-refractivity contribution in [2.75, 3.05) is 0 Å². The van der Waals surface area contributed by atoms with Gasteiger partial charge < -0.3 is 0 Å². The second-order valence-electron chi connectivity index (χ2n) is 5.07. The van der Waals surface area contributed by atoms with E-state index in [1.165, 1.54) is 17.8 Å². The Kier molecular flexibility index (Phi) is 2.30. The van der Waals surface area contributed by atoms with Crippen molar-refractivity contribution in [1.82, 2.24) is 4.98 Å². The van der Waals surface area contributed by atoms with E-state index in [-0.39, 0.29) is 11.2 Å². The summed E-state index contributed by atoms with van der Waals surface area (Å²) >= 11 is 0. The standard InChI is InChI=1S/C15H13FN2/c1-15(2)9-18-14-7-10(3-4-12(14)15)11-8-17-6-5-13(11)16/h3-9H,1-2H3. The zero-order chi connectivity index (χ0) is 12.8. The first kappa shape index (κ1) is 11.1. The van der Waals surface area contributed by atoms with E-state index >= 15 is 0 Å². The molecule has 3 rings (SSSR count). The molecular formula is C15H13FN2. The molecule has 0 saturated heterocycles. The summed E-state index contributed by atoms with van der Waals surface area (Å²) in [6, 6.07) is 7.23. The lowest BCUT2D eigenvalue weighted by molar-refractivity contribution is 0.629. The van der Waals surface area contributed by atoms with Gasteiger partial charge in [0, 0.05) is 29.6 Å². The Hall–Kier alpha value is -2.03.